The Balaban J connectivity index is 0.000000137. The van der Waals surface area contributed by atoms with Crippen molar-refractivity contribution in [1.82, 2.24) is 74.5 Å². The van der Waals surface area contributed by atoms with Crippen LogP contribution in [0.4, 0.5) is 55.5 Å². The maximum atomic E-state index is 15.4. The van der Waals surface area contributed by atoms with Crippen LogP contribution < -0.4 is 68.7 Å². The smallest absolute Gasteiger partial charge is 0.255 e. The molecule has 32 heteroatoms. The first-order valence-corrected chi connectivity index (χ1v) is 42.2. The molecule has 6 aromatic carbocycles. The molecular formula is C91H106F2N22O8. The fraction of sp³-hybridized carbons (Fsp3) is 0.407. The predicted molar refractivity (Wildman–Crippen MR) is 473 cm³/mol. The highest BCUT2D eigenvalue weighted by Gasteiger charge is 2.36. The molecular weight excluding hydrogens is 1570 g/mol. The number of methoxy groups -OCH3 is 3. The summed E-state index contributed by atoms with van der Waals surface area (Å²) >= 11 is 0. The number of hydrogen-bond donors (Lipinski definition) is 2. The number of halogens is 2. The van der Waals surface area contributed by atoms with E-state index in [9.17, 15) is 9.18 Å². The molecule has 0 radical (unpaired) electrons. The highest BCUT2D eigenvalue weighted by molar-refractivity contribution is 5.94. The van der Waals surface area contributed by atoms with Gasteiger partial charge in [-0.15, -0.1) is 0 Å². The van der Waals surface area contributed by atoms with E-state index in [0.717, 1.165) is 195 Å². The molecule has 642 valence electrons. The lowest BCUT2D eigenvalue weighted by Crippen LogP contribution is -2.47. The highest BCUT2D eigenvalue weighted by atomic mass is 19.1. The number of piperazine rings is 3. The third kappa shape index (κ3) is 21.2. The molecule has 6 aliphatic heterocycles. The third-order valence-corrected chi connectivity index (χ3v) is 23.6. The lowest BCUT2D eigenvalue weighted by Gasteiger charge is -2.36. The van der Waals surface area contributed by atoms with Crippen molar-refractivity contribution in [3.63, 3.8) is 0 Å². The number of morpholine rings is 1. The molecule has 6 fully saturated rings. The molecule has 1 unspecified atom stereocenters. The van der Waals surface area contributed by atoms with Crippen molar-refractivity contribution in [2.75, 3.05) is 221 Å². The van der Waals surface area contributed by atoms with Gasteiger partial charge in [0.05, 0.1) is 69.2 Å². The Hall–Kier alpha value is -12.5. The number of ether oxygens (including phenoxy) is 7. The molecule has 123 heavy (non-hydrogen) atoms. The van der Waals surface area contributed by atoms with E-state index < -0.39 is 5.67 Å². The highest BCUT2D eigenvalue weighted by Crippen LogP contribution is 2.41. The van der Waals surface area contributed by atoms with Gasteiger partial charge in [0.1, 0.15) is 67.2 Å². The van der Waals surface area contributed by atoms with Crippen molar-refractivity contribution in [3.8, 4) is 34.5 Å². The first-order valence-electron chi connectivity index (χ1n) is 42.2. The molecule has 6 aliphatic rings. The number of likely N-dealkylation sites (tertiary alicyclic amines) is 2. The van der Waals surface area contributed by atoms with Crippen molar-refractivity contribution < 1.29 is 41.9 Å². The monoisotopic (exact) mass is 1670 g/mol. The summed E-state index contributed by atoms with van der Waals surface area (Å²) in [7, 11) is 11.2. The molecule has 18 rings (SSSR count). The minimum atomic E-state index is -1.35. The number of fused-ring (bicyclic) bond motifs is 3. The SMILES string of the molecule is COc1cc2ncnc(N3CCN(c4ncc(Cc5ccccc5)c(=O)[nH]4)CC3)c2cc1OCC1CN(C)CCO1.COc1cc2ncnc(N3CCN(c4ncc(Cc5ccccc5)cn4)CC3)c2cc1OCC1(F)CCN(C)CC1.COc1cc2ncnc(N3CCN(c4ncc(Nc5ccc(F)cc5)cn4)CC3)c2cc1OCC1CCN(C)CC1. The number of benzene rings is 6. The van der Waals surface area contributed by atoms with Gasteiger partial charge >= 0.3 is 0 Å². The number of anilines is 8. The second kappa shape index (κ2) is 39.6. The Morgan fingerprint density at radius 1 is 0.447 bits per heavy atom. The minimum absolute atomic E-state index is 0.00109. The number of hydrogen-bond acceptors (Lipinski definition) is 29. The maximum Gasteiger partial charge on any atom is 0.255 e. The molecule has 0 bridgehead atoms. The minimum Gasteiger partial charge on any atom is -0.493 e. The van der Waals surface area contributed by atoms with Crippen molar-refractivity contribution >= 4 is 79.4 Å². The zero-order valence-electron chi connectivity index (χ0n) is 70.6. The zero-order chi connectivity index (χ0) is 84.6. The van der Waals surface area contributed by atoms with E-state index in [1.807, 2.05) is 104 Å². The van der Waals surface area contributed by atoms with Gasteiger partial charge in [-0.3, -0.25) is 9.78 Å². The molecule has 0 amide bonds. The van der Waals surface area contributed by atoms with Crippen LogP contribution in [0.1, 0.15) is 47.9 Å². The Morgan fingerprint density at radius 2 is 0.902 bits per heavy atom. The number of rotatable bonds is 24. The molecule has 1 atom stereocenters. The number of alkyl halides is 1. The van der Waals surface area contributed by atoms with Crippen LogP contribution in [-0.4, -0.2) is 273 Å². The van der Waals surface area contributed by atoms with Crippen LogP contribution in [0.5, 0.6) is 34.5 Å². The van der Waals surface area contributed by atoms with Gasteiger partial charge in [-0.05, 0) is 125 Å². The molecule has 6 aromatic heterocycles. The standard InChI is InChI=1S/C31H36FN7O2.C30H35FN8O2.C30H35N7O4/c1-37-10-8-31(32,9-11-37)21-41-28-17-25-26(18-27(28)40-2)35-22-36-29(25)38-12-14-39(15-13-38)30-33-19-24(20-34-30)16-23-6-4-3-5-7-23;1-37-9-7-21(8-10-37)19-41-28-15-25-26(16-27(28)40-2)34-20-35-29(25)38-11-13-39(14-12-38)30-32-17-24(18-33-30)36-23-5-3-22(31)4-6-23;1-35-12-13-40-23(18-35)19-41-27-15-24-25(16-26(27)39-2)32-20-33-28(24)36-8-10-37(11-9-36)30-31-17-22(29(38)34-30)14-21-6-4-3-5-7-21/h3-7,17-20,22H,8-16,21H2,1-2H3;3-6,15-18,20-21,36H,7-14,19H2,1-2H3;3-7,15-17,20,23H,8-14,18-19H2,1-2H3,(H,31,34,38). The summed E-state index contributed by atoms with van der Waals surface area (Å²) in [4.78, 5) is 86.2. The summed E-state index contributed by atoms with van der Waals surface area (Å²) < 4.78 is 69.9. The lowest BCUT2D eigenvalue weighted by molar-refractivity contribution is -0.0406. The van der Waals surface area contributed by atoms with Crippen LogP contribution in [-0.2, 0) is 17.6 Å². The summed E-state index contributed by atoms with van der Waals surface area (Å²) in [5, 5.41) is 5.90. The quantitative estimate of drug-likeness (QED) is 0.0568. The summed E-state index contributed by atoms with van der Waals surface area (Å²) in [6, 6.07) is 38.0. The molecule has 12 heterocycles. The van der Waals surface area contributed by atoms with E-state index in [1.54, 1.807) is 71.0 Å². The number of aromatic amines is 1. The lowest BCUT2D eigenvalue weighted by atomic mass is 9.94. The second-order valence-electron chi connectivity index (χ2n) is 32.1. The van der Waals surface area contributed by atoms with E-state index >= 15 is 4.39 Å². The average molecular weight is 1670 g/mol. The summed E-state index contributed by atoms with van der Waals surface area (Å²) in [6.45, 7) is 16.1. The Bertz CT molecular complexity index is 5530. The van der Waals surface area contributed by atoms with Crippen molar-refractivity contribution in [2.45, 2.75) is 50.3 Å². The summed E-state index contributed by atoms with van der Waals surface area (Å²) in [5.41, 5.74) is 6.52. The normalized spacial score (nSPS) is 17.4. The number of piperidine rings is 2. The van der Waals surface area contributed by atoms with E-state index in [1.165, 1.54) is 17.7 Å². The third-order valence-electron chi connectivity index (χ3n) is 23.6. The average Bonchev–Trinajstić information content (AvgIpc) is 0.793. The van der Waals surface area contributed by atoms with Gasteiger partial charge in [0.2, 0.25) is 17.8 Å². The van der Waals surface area contributed by atoms with Crippen LogP contribution in [0.25, 0.3) is 32.7 Å². The first-order chi connectivity index (χ1) is 60.1. The second-order valence-corrected chi connectivity index (χ2v) is 32.1. The number of nitrogens with zero attached hydrogens (tertiary/aromatic N) is 20. The molecule has 2 N–H and O–H groups in total. The maximum absolute atomic E-state index is 15.4. The van der Waals surface area contributed by atoms with Crippen LogP contribution in [0.15, 0.2) is 176 Å². The molecule has 0 aliphatic carbocycles. The van der Waals surface area contributed by atoms with Crippen molar-refractivity contribution in [3.05, 3.63) is 210 Å². The molecule has 0 saturated carbocycles. The zero-order valence-corrected chi connectivity index (χ0v) is 70.6. The molecule has 30 nitrogen and oxygen atoms in total. The Labute approximate surface area is 714 Å². The number of aromatic nitrogens is 12. The molecule has 6 saturated heterocycles. The van der Waals surface area contributed by atoms with Gasteiger partial charge in [-0.2, -0.15) is 0 Å². The molecule has 12 aromatic rings. The Kier molecular flexibility index (Phi) is 27.0. The first kappa shape index (κ1) is 84.1. The fourth-order valence-corrected chi connectivity index (χ4v) is 16.2. The van der Waals surface area contributed by atoms with Crippen LogP contribution >= 0.6 is 0 Å². The summed E-state index contributed by atoms with van der Waals surface area (Å²) in [6.07, 6.45) is 18.4. The number of H-pyrrole nitrogens is 1. The molecule has 0 spiro atoms. The number of likely N-dealkylation sites (N-methyl/N-ethyl adjacent to an activating group) is 1. The predicted octanol–water partition coefficient (Wildman–Crippen LogP) is 10.9. The van der Waals surface area contributed by atoms with Gasteiger partial charge < -0.3 is 82.6 Å². The van der Waals surface area contributed by atoms with E-state index in [4.69, 9.17) is 33.2 Å². The topological polar surface area (TPSA) is 280 Å². The Morgan fingerprint density at radius 3 is 1.39 bits per heavy atom. The van der Waals surface area contributed by atoms with Gasteiger partial charge in [0.15, 0.2) is 34.5 Å². The van der Waals surface area contributed by atoms with Crippen molar-refractivity contribution in [1.29, 1.82) is 0 Å². The van der Waals surface area contributed by atoms with Gasteiger partial charge in [0, 0.05) is 182 Å². The van der Waals surface area contributed by atoms with E-state index in [-0.39, 0.29) is 24.1 Å². The van der Waals surface area contributed by atoms with Crippen LogP contribution in [0.2, 0.25) is 0 Å². The van der Waals surface area contributed by atoms with E-state index in [2.05, 4.69) is 135 Å². The fourth-order valence-electron chi connectivity index (χ4n) is 16.2. The van der Waals surface area contributed by atoms with Gasteiger partial charge in [-0.25, -0.2) is 63.6 Å². The van der Waals surface area contributed by atoms with Crippen molar-refractivity contribution in [2.24, 2.45) is 5.92 Å². The number of nitrogens with one attached hydrogen (secondary N) is 2. The van der Waals surface area contributed by atoms with Gasteiger partial charge in [-0.1, -0.05) is 60.7 Å². The van der Waals surface area contributed by atoms with Gasteiger partial charge in [0.25, 0.3) is 5.56 Å². The van der Waals surface area contributed by atoms with E-state index in [0.29, 0.717) is 117 Å². The van der Waals surface area contributed by atoms with Crippen LogP contribution in [0.3, 0.4) is 0 Å². The largest absolute Gasteiger partial charge is 0.493 e. The van der Waals surface area contributed by atoms with Crippen LogP contribution in [0, 0.1) is 11.7 Å². The summed E-state index contributed by atoms with van der Waals surface area (Å²) in [5.74, 6) is 8.58.